The van der Waals surface area contributed by atoms with E-state index in [1.165, 1.54) is 44.9 Å². The number of hydrogen-bond donors (Lipinski definition) is 1. The highest BCUT2D eigenvalue weighted by molar-refractivity contribution is 5.98. The topological polar surface area (TPSA) is 59.3 Å². The number of carbonyl (C=O) groups is 2. The van der Waals surface area contributed by atoms with Gasteiger partial charge in [0.15, 0.2) is 5.78 Å². The fourth-order valence-electron chi connectivity index (χ4n) is 4.23. The fraction of sp³-hybridized carbons (Fsp3) is 0.500. The van der Waals surface area contributed by atoms with Crippen LogP contribution in [0.4, 0.5) is 0 Å². The average Bonchev–Trinajstić information content (AvgIpc) is 3.04. The Morgan fingerprint density at radius 3 is 2.09 bits per heavy atom. The molecule has 174 valence electrons. The van der Waals surface area contributed by atoms with Gasteiger partial charge in [-0.1, -0.05) is 82.6 Å². The maximum atomic E-state index is 12.9. The summed E-state index contributed by atoms with van der Waals surface area (Å²) in [6, 6.07) is 7.83. The van der Waals surface area contributed by atoms with Gasteiger partial charge in [0.1, 0.15) is 0 Å². The molecule has 1 aromatic heterocycles. The van der Waals surface area contributed by atoms with Crippen LogP contribution in [0, 0.1) is 13.8 Å². The standard InChI is InChI=1S/C28H39NO3/c1-4-5-6-7-8-9-10-11-12-13-26(30)28-22(2)20-29(23(28)3)21-25-16-14-24(15-17-25)18-19-27(31)32/h14-20H,4-13,21H2,1-3H3,(H,31,32). The molecule has 0 aliphatic carbocycles. The lowest BCUT2D eigenvalue weighted by atomic mass is 10.0. The van der Waals surface area contributed by atoms with Gasteiger partial charge >= 0.3 is 5.97 Å². The summed E-state index contributed by atoms with van der Waals surface area (Å²) in [6.07, 6.45) is 16.7. The highest BCUT2D eigenvalue weighted by Crippen LogP contribution is 2.21. The summed E-state index contributed by atoms with van der Waals surface area (Å²) in [5.74, 6) is -0.692. The molecule has 0 aliphatic rings. The van der Waals surface area contributed by atoms with Crippen LogP contribution in [0.1, 0.15) is 104 Å². The predicted octanol–water partition coefficient (Wildman–Crippen LogP) is 7.35. The van der Waals surface area contributed by atoms with E-state index in [-0.39, 0.29) is 5.78 Å². The third kappa shape index (κ3) is 8.49. The van der Waals surface area contributed by atoms with Gasteiger partial charge in [-0.05, 0) is 43.0 Å². The number of carbonyl (C=O) groups excluding carboxylic acids is 1. The molecule has 0 amide bonds. The van der Waals surface area contributed by atoms with Crippen molar-refractivity contribution in [1.82, 2.24) is 4.57 Å². The van der Waals surface area contributed by atoms with E-state index < -0.39 is 5.97 Å². The van der Waals surface area contributed by atoms with Gasteiger partial charge in [0.05, 0.1) is 0 Å². The summed E-state index contributed by atoms with van der Waals surface area (Å²) in [5, 5.41) is 8.74. The molecule has 2 rings (SSSR count). The Hall–Kier alpha value is -2.62. The van der Waals surface area contributed by atoms with E-state index in [4.69, 9.17) is 5.11 Å². The van der Waals surface area contributed by atoms with Crippen molar-refractivity contribution in [2.45, 2.75) is 91.5 Å². The lowest BCUT2D eigenvalue weighted by Gasteiger charge is -2.08. The second-order valence-electron chi connectivity index (χ2n) is 8.82. The maximum Gasteiger partial charge on any atom is 0.328 e. The lowest BCUT2D eigenvalue weighted by molar-refractivity contribution is -0.131. The first kappa shape index (κ1) is 25.6. The molecule has 2 aromatic rings. The Morgan fingerprint density at radius 2 is 1.50 bits per heavy atom. The lowest BCUT2D eigenvalue weighted by Crippen LogP contribution is -2.05. The van der Waals surface area contributed by atoms with Crippen LogP contribution in [0.3, 0.4) is 0 Å². The molecular formula is C28H39NO3. The van der Waals surface area contributed by atoms with Crippen LogP contribution in [0.25, 0.3) is 6.08 Å². The molecule has 0 aliphatic heterocycles. The summed E-state index contributed by atoms with van der Waals surface area (Å²) in [6.45, 7) is 6.99. The van der Waals surface area contributed by atoms with E-state index in [1.807, 2.05) is 38.1 Å². The molecule has 0 bridgehead atoms. The Balaban J connectivity index is 1.84. The van der Waals surface area contributed by atoms with E-state index in [2.05, 4.69) is 17.7 Å². The highest BCUT2D eigenvalue weighted by Gasteiger charge is 2.16. The molecule has 1 aromatic carbocycles. The molecule has 0 fully saturated rings. The van der Waals surface area contributed by atoms with Gasteiger partial charge < -0.3 is 9.67 Å². The van der Waals surface area contributed by atoms with E-state index in [1.54, 1.807) is 6.08 Å². The number of Topliss-reactive ketones (excluding diaryl/α,β-unsaturated/α-hetero) is 1. The van der Waals surface area contributed by atoms with E-state index in [0.717, 1.165) is 46.9 Å². The van der Waals surface area contributed by atoms with Gasteiger partial charge in [0.2, 0.25) is 0 Å². The molecule has 0 radical (unpaired) electrons. The minimum absolute atomic E-state index is 0.260. The molecule has 4 nitrogen and oxygen atoms in total. The molecule has 0 spiro atoms. The summed E-state index contributed by atoms with van der Waals surface area (Å²) in [7, 11) is 0. The van der Waals surface area contributed by atoms with Crippen molar-refractivity contribution < 1.29 is 14.7 Å². The first-order chi connectivity index (χ1) is 15.4. The molecule has 0 atom stereocenters. The van der Waals surface area contributed by atoms with E-state index >= 15 is 0 Å². The third-order valence-electron chi connectivity index (χ3n) is 6.07. The van der Waals surface area contributed by atoms with Crippen molar-refractivity contribution in [2.75, 3.05) is 0 Å². The normalized spacial score (nSPS) is 11.3. The molecule has 32 heavy (non-hydrogen) atoms. The third-order valence-corrected chi connectivity index (χ3v) is 6.07. The summed E-state index contributed by atoms with van der Waals surface area (Å²) >= 11 is 0. The number of carboxylic acids is 1. The monoisotopic (exact) mass is 437 g/mol. The summed E-state index contributed by atoms with van der Waals surface area (Å²) in [5.41, 5.74) is 4.93. The van der Waals surface area contributed by atoms with Gasteiger partial charge in [0, 0.05) is 36.5 Å². The van der Waals surface area contributed by atoms with Crippen LogP contribution < -0.4 is 0 Å². The molecule has 1 N–H and O–H groups in total. The van der Waals surface area contributed by atoms with Crippen molar-refractivity contribution >= 4 is 17.8 Å². The Labute approximate surface area is 193 Å². The van der Waals surface area contributed by atoms with Gasteiger partial charge in [-0.3, -0.25) is 4.79 Å². The highest BCUT2D eigenvalue weighted by atomic mass is 16.4. The van der Waals surface area contributed by atoms with Crippen molar-refractivity contribution in [3.05, 3.63) is 64.5 Å². The maximum absolute atomic E-state index is 12.9. The molecule has 1 heterocycles. The minimum Gasteiger partial charge on any atom is -0.478 e. The quantitative estimate of drug-likeness (QED) is 0.180. The van der Waals surface area contributed by atoms with Gasteiger partial charge in [-0.2, -0.15) is 0 Å². The minimum atomic E-state index is -0.952. The first-order valence-corrected chi connectivity index (χ1v) is 12.1. The van der Waals surface area contributed by atoms with Crippen molar-refractivity contribution in [1.29, 1.82) is 0 Å². The van der Waals surface area contributed by atoms with Gasteiger partial charge in [-0.15, -0.1) is 0 Å². The number of aryl methyl sites for hydroxylation is 1. The number of benzene rings is 1. The Kier molecular flexibility index (Phi) is 11.0. The number of ketones is 1. The van der Waals surface area contributed by atoms with Crippen molar-refractivity contribution in [2.24, 2.45) is 0 Å². The smallest absolute Gasteiger partial charge is 0.328 e. The number of nitrogens with zero attached hydrogens (tertiary/aromatic N) is 1. The van der Waals surface area contributed by atoms with Crippen LogP contribution in [-0.2, 0) is 11.3 Å². The van der Waals surface area contributed by atoms with Crippen LogP contribution in [0.15, 0.2) is 36.5 Å². The zero-order valence-corrected chi connectivity index (χ0v) is 20.0. The molecular weight excluding hydrogens is 398 g/mol. The summed E-state index contributed by atoms with van der Waals surface area (Å²) in [4.78, 5) is 23.5. The van der Waals surface area contributed by atoms with Gasteiger partial charge in [0.25, 0.3) is 0 Å². The number of rotatable bonds is 15. The molecule has 0 saturated carbocycles. The van der Waals surface area contributed by atoms with Gasteiger partial charge in [-0.25, -0.2) is 4.79 Å². The van der Waals surface area contributed by atoms with Crippen LogP contribution in [0.5, 0.6) is 0 Å². The predicted molar refractivity (Wildman–Crippen MR) is 132 cm³/mol. The second kappa shape index (κ2) is 13.7. The Bertz CT molecular complexity index is 890. The first-order valence-electron chi connectivity index (χ1n) is 12.1. The number of aliphatic carboxylic acids is 1. The van der Waals surface area contributed by atoms with Crippen LogP contribution in [-0.4, -0.2) is 21.4 Å². The fourth-order valence-corrected chi connectivity index (χ4v) is 4.23. The van der Waals surface area contributed by atoms with Crippen LogP contribution in [0.2, 0.25) is 0 Å². The number of hydrogen-bond acceptors (Lipinski definition) is 2. The van der Waals surface area contributed by atoms with Crippen LogP contribution >= 0.6 is 0 Å². The molecule has 4 heteroatoms. The van der Waals surface area contributed by atoms with Crippen molar-refractivity contribution in [3.8, 4) is 0 Å². The summed E-state index contributed by atoms with van der Waals surface area (Å²) < 4.78 is 2.14. The largest absolute Gasteiger partial charge is 0.478 e. The zero-order chi connectivity index (χ0) is 23.3. The van der Waals surface area contributed by atoms with E-state index in [9.17, 15) is 9.59 Å². The number of carboxylic acid groups (broad SMARTS) is 1. The average molecular weight is 438 g/mol. The Morgan fingerprint density at radius 1 is 0.906 bits per heavy atom. The number of aromatic nitrogens is 1. The van der Waals surface area contributed by atoms with Crippen molar-refractivity contribution in [3.63, 3.8) is 0 Å². The zero-order valence-electron chi connectivity index (χ0n) is 20.0. The molecule has 0 saturated heterocycles. The number of unbranched alkanes of at least 4 members (excludes halogenated alkanes) is 8. The molecule has 0 unspecified atom stereocenters. The SMILES string of the molecule is CCCCCCCCCCCC(=O)c1c(C)cn(Cc2ccc(C=CC(=O)O)cc2)c1C. The van der Waals surface area contributed by atoms with E-state index in [0.29, 0.717) is 13.0 Å². The second-order valence-corrected chi connectivity index (χ2v) is 8.82.